The maximum Gasteiger partial charge on any atom is 0.326 e. The molecule has 1 aliphatic rings. The maximum atomic E-state index is 13.9. The van der Waals surface area contributed by atoms with Crippen molar-refractivity contribution in [2.24, 2.45) is 0 Å². The Hall–Kier alpha value is -4.08. The number of aromatic nitrogens is 2. The number of benzene rings is 3. The van der Waals surface area contributed by atoms with Crippen LogP contribution in [-0.2, 0) is 0 Å². The minimum absolute atomic E-state index is 0.153. The lowest BCUT2D eigenvalue weighted by Crippen LogP contribution is -2.55. The number of urea groups is 1. The van der Waals surface area contributed by atoms with Crippen molar-refractivity contribution in [1.82, 2.24) is 14.6 Å². The molecule has 39 heavy (non-hydrogen) atoms. The number of nitrogens with zero attached hydrogens (tertiary/aromatic N) is 5. The van der Waals surface area contributed by atoms with Crippen LogP contribution in [0.2, 0.25) is 5.02 Å². The van der Waals surface area contributed by atoms with E-state index in [4.69, 9.17) is 21.3 Å². The van der Waals surface area contributed by atoms with Crippen molar-refractivity contribution in [3.8, 4) is 5.75 Å². The lowest BCUT2D eigenvalue weighted by molar-refractivity contribution is 0.254. The SMILES string of the molecule is COc1ccc(N(C(=O)Nc2ccc(Cl)cc2)C(C)c2nc3ccccc3c(=O)n2N2CCN(C)CC2)cc1. The Kier molecular flexibility index (Phi) is 7.72. The number of fused-ring (bicyclic) bond motifs is 1. The number of para-hydroxylation sites is 1. The van der Waals surface area contributed by atoms with Crippen LogP contribution >= 0.6 is 11.6 Å². The van der Waals surface area contributed by atoms with E-state index in [1.807, 2.05) is 42.3 Å². The van der Waals surface area contributed by atoms with Crippen molar-refractivity contribution in [3.05, 3.63) is 94.0 Å². The van der Waals surface area contributed by atoms with Gasteiger partial charge in [0.1, 0.15) is 5.75 Å². The number of anilines is 2. The molecule has 9 nitrogen and oxygen atoms in total. The zero-order valence-corrected chi connectivity index (χ0v) is 22.9. The third kappa shape index (κ3) is 5.55. The number of rotatable bonds is 6. The van der Waals surface area contributed by atoms with E-state index < -0.39 is 6.04 Å². The smallest absolute Gasteiger partial charge is 0.326 e. The number of hydrogen-bond acceptors (Lipinski definition) is 6. The summed E-state index contributed by atoms with van der Waals surface area (Å²) >= 11 is 6.05. The van der Waals surface area contributed by atoms with Gasteiger partial charge >= 0.3 is 6.03 Å². The fourth-order valence-electron chi connectivity index (χ4n) is 4.77. The minimum atomic E-state index is -0.609. The van der Waals surface area contributed by atoms with Gasteiger partial charge in [0.05, 0.1) is 24.1 Å². The van der Waals surface area contributed by atoms with Crippen LogP contribution in [0.3, 0.4) is 0 Å². The van der Waals surface area contributed by atoms with E-state index in [0.29, 0.717) is 52.0 Å². The average molecular weight is 547 g/mol. The molecule has 2 heterocycles. The summed E-state index contributed by atoms with van der Waals surface area (Å²) in [4.78, 5) is 36.5. The van der Waals surface area contributed by atoms with E-state index in [-0.39, 0.29) is 11.6 Å². The van der Waals surface area contributed by atoms with Crippen molar-refractivity contribution in [3.63, 3.8) is 0 Å². The molecular formula is C29H31ClN6O3. The van der Waals surface area contributed by atoms with Gasteiger partial charge in [-0.2, -0.15) is 0 Å². The molecule has 0 aliphatic carbocycles. The molecule has 0 saturated carbocycles. The van der Waals surface area contributed by atoms with Crippen molar-refractivity contribution in [2.45, 2.75) is 13.0 Å². The fourth-order valence-corrected chi connectivity index (χ4v) is 4.90. The second-order valence-corrected chi connectivity index (χ2v) is 9.98. The second-order valence-electron chi connectivity index (χ2n) is 9.54. The number of piperazine rings is 1. The Bertz CT molecular complexity index is 1520. The van der Waals surface area contributed by atoms with Crippen LogP contribution in [0.4, 0.5) is 16.2 Å². The second kappa shape index (κ2) is 11.3. The summed E-state index contributed by atoms with van der Waals surface area (Å²) in [5.41, 5.74) is 1.66. The molecule has 1 N–H and O–H groups in total. The first-order valence-corrected chi connectivity index (χ1v) is 13.2. The molecule has 1 saturated heterocycles. The quantitative estimate of drug-likeness (QED) is 0.376. The maximum absolute atomic E-state index is 13.9. The van der Waals surface area contributed by atoms with E-state index in [9.17, 15) is 9.59 Å². The van der Waals surface area contributed by atoms with Crippen LogP contribution in [0.15, 0.2) is 77.6 Å². The molecule has 1 aliphatic heterocycles. The topological polar surface area (TPSA) is 82.9 Å². The van der Waals surface area contributed by atoms with Gasteiger partial charge in [0.15, 0.2) is 5.82 Å². The Balaban J connectivity index is 1.62. The molecular weight excluding hydrogens is 516 g/mol. The van der Waals surface area contributed by atoms with Gasteiger partial charge in [0, 0.05) is 42.6 Å². The predicted molar refractivity (Wildman–Crippen MR) is 156 cm³/mol. The van der Waals surface area contributed by atoms with E-state index >= 15 is 0 Å². The largest absolute Gasteiger partial charge is 0.497 e. The number of ether oxygens (including phenoxy) is 1. The number of methoxy groups -OCH3 is 1. The number of amides is 2. The van der Waals surface area contributed by atoms with Gasteiger partial charge < -0.3 is 20.0 Å². The van der Waals surface area contributed by atoms with Crippen LogP contribution in [-0.4, -0.2) is 60.9 Å². The molecule has 0 bridgehead atoms. The monoisotopic (exact) mass is 546 g/mol. The molecule has 1 unspecified atom stereocenters. The molecule has 202 valence electrons. The molecule has 10 heteroatoms. The number of hydrogen-bond donors (Lipinski definition) is 1. The third-order valence-electron chi connectivity index (χ3n) is 6.97. The minimum Gasteiger partial charge on any atom is -0.497 e. The number of likely N-dealkylation sites (N-methyl/N-ethyl adjacent to an activating group) is 1. The van der Waals surface area contributed by atoms with Crippen molar-refractivity contribution in [2.75, 3.05) is 55.6 Å². The zero-order chi connectivity index (χ0) is 27.5. The zero-order valence-electron chi connectivity index (χ0n) is 22.2. The number of nitrogens with one attached hydrogen (secondary N) is 1. The average Bonchev–Trinajstić information content (AvgIpc) is 2.95. The summed E-state index contributed by atoms with van der Waals surface area (Å²) in [5.74, 6) is 1.15. The Morgan fingerprint density at radius 2 is 1.67 bits per heavy atom. The van der Waals surface area contributed by atoms with Crippen LogP contribution in [0.25, 0.3) is 10.9 Å². The molecule has 4 aromatic rings. The Labute approximate surface area is 232 Å². The number of carbonyl (C=O) groups is 1. The van der Waals surface area contributed by atoms with Crippen molar-refractivity contribution < 1.29 is 9.53 Å². The van der Waals surface area contributed by atoms with Crippen LogP contribution < -0.4 is 25.5 Å². The molecule has 2 amide bonds. The lowest BCUT2D eigenvalue weighted by Gasteiger charge is -2.38. The molecule has 1 aromatic heterocycles. The van der Waals surface area contributed by atoms with Crippen LogP contribution in [0.5, 0.6) is 5.75 Å². The fraction of sp³-hybridized carbons (Fsp3) is 0.276. The standard InChI is InChI=1S/C29H31ClN6O3/c1-20(27-32-26-7-5-4-6-25(26)28(37)36(27)34-18-16-33(2)17-19-34)35(23-12-14-24(39-3)15-13-23)29(38)31-22-10-8-21(30)9-11-22/h4-15,20H,16-19H2,1-3H3,(H,31,38). The molecule has 1 atom stereocenters. The van der Waals surface area contributed by atoms with E-state index in [0.717, 1.165) is 13.1 Å². The van der Waals surface area contributed by atoms with Gasteiger partial charge in [-0.3, -0.25) is 9.69 Å². The first-order valence-electron chi connectivity index (χ1n) is 12.8. The van der Waals surface area contributed by atoms with E-state index in [1.165, 1.54) is 0 Å². The van der Waals surface area contributed by atoms with Gasteiger partial charge in [-0.05, 0) is 74.6 Å². The van der Waals surface area contributed by atoms with Crippen LogP contribution in [0, 0.1) is 0 Å². The van der Waals surface area contributed by atoms with Gasteiger partial charge in [-0.25, -0.2) is 14.5 Å². The Morgan fingerprint density at radius 1 is 1.00 bits per heavy atom. The summed E-state index contributed by atoms with van der Waals surface area (Å²) in [6, 6.07) is 20.5. The van der Waals surface area contributed by atoms with Gasteiger partial charge in [0.25, 0.3) is 5.56 Å². The highest BCUT2D eigenvalue weighted by atomic mass is 35.5. The molecule has 5 rings (SSSR count). The number of halogens is 1. The normalized spacial score (nSPS) is 14.7. The summed E-state index contributed by atoms with van der Waals surface area (Å²) in [6.45, 7) is 4.83. The summed E-state index contributed by atoms with van der Waals surface area (Å²) in [7, 11) is 3.66. The molecule has 3 aromatic carbocycles. The Morgan fingerprint density at radius 3 is 2.33 bits per heavy atom. The molecule has 1 fully saturated rings. The highest BCUT2D eigenvalue weighted by molar-refractivity contribution is 6.30. The van der Waals surface area contributed by atoms with Gasteiger partial charge in [-0.15, -0.1) is 0 Å². The van der Waals surface area contributed by atoms with E-state index in [2.05, 4.69) is 17.3 Å². The van der Waals surface area contributed by atoms with Crippen molar-refractivity contribution >= 4 is 39.9 Å². The molecule has 0 spiro atoms. The first-order chi connectivity index (χ1) is 18.9. The van der Waals surface area contributed by atoms with Crippen molar-refractivity contribution in [1.29, 1.82) is 0 Å². The van der Waals surface area contributed by atoms with Crippen LogP contribution in [0.1, 0.15) is 18.8 Å². The van der Waals surface area contributed by atoms with E-state index in [1.54, 1.807) is 59.2 Å². The predicted octanol–water partition coefficient (Wildman–Crippen LogP) is 4.74. The van der Waals surface area contributed by atoms with Gasteiger partial charge in [0.2, 0.25) is 0 Å². The third-order valence-corrected chi connectivity index (χ3v) is 7.22. The highest BCUT2D eigenvalue weighted by Crippen LogP contribution is 2.30. The highest BCUT2D eigenvalue weighted by Gasteiger charge is 2.30. The summed E-state index contributed by atoms with van der Waals surface area (Å²) in [5, 5.41) is 6.10. The number of carbonyl (C=O) groups excluding carboxylic acids is 1. The summed E-state index contributed by atoms with van der Waals surface area (Å²) < 4.78 is 6.99. The lowest BCUT2D eigenvalue weighted by atomic mass is 10.2. The van der Waals surface area contributed by atoms with Gasteiger partial charge in [-0.1, -0.05) is 23.7 Å². The summed E-state index contributed by atoms with van der Waals surface area (Å²) in [6.07, 6.45) is 0. The first kappa shape index (κ1) is 26.5. The molecule has 0 radical (unpaired) electrons.